The van der Waals surface area contributed by atoms with Gasteiger partial charge in [0, 0.05) is 17.1 Å². The van der Waals surface area contributed by atoms with E-state index >= 15 is 0 Å². The van der Waals surface area contributed by atoms with Crippen molar-refractivity contribution < 1.29 is 9.90 Å². The zero-order valence-corrected chi connectivity index (χ0v) is 11.9. The normalized spacial score (nSPS) is 12.2. The van der Waals surface area contributed by atoms with Crippen LogP contribution in [0.1, 0.15) is 25.0 Å². The number of thioether (sulfide) groups is 1. The molecule has 0 aliphatic rings. The van der Waals surface area contributed by atoms with Crippen LogP contribution in [0.15, 0.2) is 24.3 Å². The number of benzene rings is 1. The summed E-state index contributed by atoms with van der Waals surface area (Å²) >= 11 is 7.55. The quantitative estimate of drug-likeness (QED) is 0.758. The summed E-state index contributed by atoms with van der Waals surface area (Å²) in [6.07, 6.45) is 0.291. The largest absolute Gasteiger partial charge is 0.387 e. The summed E-state index contributed by atoms with van der Waals surface area (Å²) in [6.45, 7) is 2.27. The molecule has 0 saturated heterocycles. The first-order valence-electron chi connectivity index (χ1n) is 5.92. The molecule has 1 aromatic carbocycles. The van der Waals surface area contributed by atoms with E-state index in [1.54, 1.807) is 30.0 Å². The Kier molecular flexibility index (Phi) is 7.16. The predicted molar refractivity (Wildman–Crippen MR) is 77.0 cm³/mol. The molecule has 0 spiro atoms. The van der Waals surface area contributed by atoms with E-state index in [-0.39, 0.29) is 12.5 Å². The number of amides is 1. The predicted octanol–water partition coefficient (Wildman–Crippen LogP) is 2.63. The van der Waals surface area contributed by atoms with E-state index in [2.05, 4.69) is 12.2 Å². The second kappa shape index (κ2) is 8.40. The smallest absolute Gasteiger partial charge is 0.230 e. The van der Waals surface area contributed by atoms with E-state index in [4.69, 9.17) is 11.6 Å². The Balaban J connectivity index is 2.35. The van der Waals surface area contributed by atoms with Gasteiger partial charge in [-0.05, 0) is 18.2 Å². The van der Waals surface area contributed by atoms with Gasteiger partial charge < -0.3 is 10.4 Å². The van der Waals surface area contributed by atoms with Crippen LogP contribution in [-0.2, 0) is 4.79 Å². The average molecular weight is 288 g/mol. The van der Waals surface area contributed by atoms with Gasteiger partial charge in [-0.3, -0.25) is 4.79 Å². The summed E-state index contributed by atoms with van der Waals surface area (Å²) in [5.41, 5.74) is 0.640. The highest BCUT2D eigenvalue weighted by molar-refractivity contribution is 7.99. The third kappa shape index (κ3) is 5.29. The third-order valence-electron chi connectivity index (χ3n) is 2.34. The topological polar surface area (TPSA) is 49.3 Å². The lowest BCUT2D eigenvalue weighted by Gasteiger charge is -2.13. The molecule has 0 fully saturated rings. The van der Waals surface area contributed by atoms with Crippen molar-refractivity contribution in [2.75, 3.05) is 18.1 Å². The number of halogens is 1. The van der Waals surface area contributed by atoms with Crippen LogP contribution in [0.2, 0.25) is 5.02 Å². The Morgan fingerprint density at radius 1 is 1.50 bits per heavy atom. The van der Waals surface area contributed by atoms with Crippen LogP contribution in [0.3, 0.4) is 0 Å². The van der Waals surface area contributed by atoms with Crippen LogP contribution in [0.5, 0.6) is 0 Å². The van der Waals surface area contributed by atoms with Crippen LogP contribution >= 0.6 is 23.4 Å². The number of nitrogens with one attached hydrogen (secondary N) is 1. The molecule has 1 unspecified atom stereocenters. The number of hydrogen-bond donors (Lipinski definition) is 2. The van der Waals surface area contributed by atoms with Gasteiger partial charge >= 0.3 is 0 Å². The van der Waals surface area contributed by atoms with Crippen LogP contribution < -0.4 is 5.32 Å². The summed E-state index contributed by atoms with van der Waals surface area (Å²) in [5, 5.41) is 13.1. The number of aliphatic hydroxyl groups excluding tert-OH is 1. The molecule has 0 aromatic heterocycles. The molecule has 100 valence electrons. The van der Waals surface area contributed by atoms with E-state index in [1.165, 1.54) is 0 Å². The van der Waals surface area contributed by atoms with Crippen LogP contribution in [0, 0.1) is 0 Å². The Morgan fingerprint density at radius 2 is 2.22 bits per heavy atom. The van der Waals surface area contributed by atoms with Crippen molar-refractivity contribution in [2.24, 2.45) is 0 Å². The molecule has 0 aliphatic carbocycles. The molecule has 0 radical (unpaired) electrons. The summed E-state index contributed by atoms with van der Waals surface area (Å²) < 4.78 is 0. The first kappa shape index (κ1) is 15.3. The van der Waals surface area contributed by atoms with Crippen molar-refractivity contribution in [2.45, 2.75) is 19.4 Å². The Morgan fingerprint density at radius 3 is 2.89 bits per heavy atom. The van der Waals surface area contributed by atoms with Crippen LogP contribution in [0.4, 0.5) is 0 Å². The second-order valence-electron chi connectivity index (χ2n) is 3.89. The van der Waals surface area contributed by atoms with Crippen molar-refractivity contribution in [3.05, 3.63) is 34.9 Å². The van der Waals surface area contributed by atoms with Gasteiger partial charge in [0.25, 0.3) is 0 Å². The Bertz CT molecular complexity index is 387. The van der Waals surface area contributed by atoms with Gasteiger partial charge in [-0.15, -0.1) is 0 Å². The van der Waals surface area contributed by atoms with Gasteiger partial charge in [0.1, 0.15) is 0 Å². The highest BCUT2D eigenvalue weighted by Crippen LogP contribution is 2.21. The van der Waals surface area contributed by atoms with Gasteiger partial charge in [0.2, 0.25) is 5.91 Å². The summed E-state index contributed by atoms with van der Waals surface area (Å²) in [5.74, 6) is 1.35. The molecule has 2 N–H and O–H groups in total. The minimum Gasteiger partial charge on any atom is -0.387 e. The lowest BCUT2D eigenvalue weighted by Crippen LogP contribution is -2.29. The molecule has 1 rings (SSSR count). The lowest BCUT2D eigenvalue weighted by atomic mass is 10.1. The van der Waals surface area contributed by atoms with Crippen molar-refractivity contribution in [3.63, 3.8) is 0 Å². The van der Waals surface area contributed by atoms with E-state index in [0.29, 0.717) is 16.3 Å². The van der Waals surface area contributed by atoms with E-state index in [0.717, 1.165) is 12.2 Å². The molecular formula is C13H18ClNO2S. The Hall–Kier alpha value is -0.710. The van der Waals surface area contributed by atoms with Crippen molar-refractivity contribution >= 4 is 29.3 Å². The highest BCUT2D eigenvalue weighted by Gasteiger charge is 2.12. The lowest BCUT2D eigenvalue weighted by molar-refractivity contribution is -0.119. The van der Waals surface area contributed by atoms with Gasteiger partial charge in [-0.25, -0.2) is 0 Å². The van der Waals surface area contributed by atoms with Crippen molar-refractivity contribution in [1.29, 1.82) is 0 Å². The number of carbonyl (C=O) groups is 1. The van der Waals surface area contributed by atoms with E-state index < -0.39 is 6.10 Å². The third-order valence-corrected chi connectivity index (χ3v) is 3.85. The maximum atomic E-state index is 11.5. The molecule has 0 saturated carbocycles. The average Bonchev–Trinajstić information content (AvgIpc) is 2.37. The zero-order chi connectivity index (χ0) is 13.4. The second-order valence-corrected chi connectivity index (χ2v) is 5.41. The molecule has 18 heavy (non-hydrogen) atoms. The first-order chi connectivity index (χ1) is 8.65. The van der Waals surface area contributed by atoms with E-state index in [1.807, 2.05) is 6.07 Å². The minimum atomic E-state index is -0.765. The molecule has 0 heterocycles. The number of rotatable bonds is 7. The van der Waals surface area contributed by atoms with Crippen molar-refractivity contribution in [1.82, 2.24) is 5.32 Å². The fourth-order valence-electron chi connectivity index (χ4n) is 1.43. The van der Waals surface area contributed by atoms with Crippen LogP contribution in [0.25, 0.3) is 0 Å². The molecule has 3 nitrogen and oxygen atoms in total. The van der Waals surface area contributed by atoms with Gasteiger partial charge in [0.05, 0.1) is 11.9 Å². The monoisotopic (exact) mass is 287 g/mol. The number of aliphatic hydroxyl groups is 1. The zero-order valence-electron chi connectivity index (χ0n) is 10.4. The molecular weight excluding hydrogens is 270 g/mol. The maximum absolute atomic E-state index is 11.5. The number of carbonyl (C=O) groups excluding carboxylic acids is 1. The molecule has 1 aromatic rings. The van der Waals surface area contributed by atoms with Gasteiger partial charge in [-0.1, -0.05) is 36.7 Å². The minimum absolute atomic E-state index is 0.0560. The van der Waals surface area contributed by atoms with Gasteiger partial charge in [0.15, 0.2) is 0 Å². The SMILES string of the molecule is CCCSCC(=O)NCC(O)c1ccccc1Cl. The van der Waals surface area contributed by atoms with Crippen LogP contribution in [-0.4, -0.2) is 29.1 Å². The number of hydrogen-bond acceptors (Lipinski definition) is 3. The van der Waals surface area contributed by atoms with E-state index in [9.17, 15) is 9.90 Å². The molecule has 0 aliphatic heterocycles. The Labute approximate surface area is 117 Å². The summed E-state index contributed by atoms with van der Waals surface area (Å²) in [6, 6.07) is 7.09. The summed E-state index contributed by atoms with van der Waals surface area (Å²) in [7, 11) is 0. The standard InChI is InChI=1S/C13H18ClNO2S/c1-2-7-18-9-13(17)15-8-12(16)10-5-3-4-6-11(10)14/h3-6,12,16H,2,7-9H2,1H3,(H,15,17). The fourth-order valence-corrected chi connectivity index (χ4v) is 2.41. The molecule has 0 bridgehead atoms. The molecule has 1 amide bonds. The fraction of sp³-hybridized carbons (Fsp3) is 0.462. The van der Waals surface area contributed by atoms with Crippen molar-refractivity contribution in [3.8, 4) is 0 Å². The maximum Gasteiger partial charge on any atom is 0.230 e. The summed E-state index contributed by atoms with van der Waals surface area (Å²) in [4.78, 5) is 11.5. The van der Waals surface area contributed by atoms with Gasteiger partial charge in [-0.2, -0.15) is 11.8 Å². The highest BCUT2D eigenvalue weighted by atomic mass is 35.5. The molecule has 5 heteroatoms. The molecule has 1 atom stereocenters. The first-order valence-corrected chi connectivity index (χ1v) is 7.45.